The van der Waals surface area contributed by atoms with Crippen LogP contribution in [0.25, 0.3) is 0 Å². The molecule has 0 saturated carbocycles. The molecule has 0 unspecified atom stereocenters. The van der Waals surface area contributed by atoms with E-state index in [-0.39, 0.29) is 0 Å². The molecule has 0 bridgehead atoms. The van der Waals surface area contributed by atoms with Crippen LogP contribution in [-0.2, 0) is 12.2 Å². The van der Waals surface area contributed by atoms with Crippen LogP contribution in [0.3, 0.4) is 0 Å². The molecule has 0 fully saturated rings. The largest absolute Gasteiger partial charge is 0.370 e. The van der Waals surface area contributed by atoms with Crippen molar-refractivity contribution in [2.45, 2.75) is 37.3 Å². The summed E-state index contributed by atoms with van der Waals surface area (Å²) in [5.74, 6) is 2.53. The first-order valence-electron chi connectivity index (χ1n) is 7.20. The molecule has 0 aliphatic rings. The zero-order valence-electron chi connectivity index (χ0n) is 12.4. The quantitative estimate of drug-likeness (QED) is 0.743. The number of thioether (sulfide) groups is 1. The van der Waals surface area contributed by atoms with Crippen LogP contribution in [0.4, 0.5) is 5.82 Å². The minimum absolute atomic E-state index is 0.745. The maximum absolute atomic E-state index is 6.00. The number of rotatable bonds is 7. The number of hydrogen-bond acceptors (Lipinski definition) is 4. The van der Waals surface area contributed by atoms with Gasteiger partial charge in [-0.3, -0.25) is 0 Å². The smallest absolute Gasteiger partial charge is 0.141 e. The van der Waals surface area contributed by atoms with Gasteiger partial charge in [0.1, 0.15) is 11.6 Å². The zero-order chi connectivity index (χ0) is 15.1. The third-order valence-electron chi connectivity index (χ3n) is 2.91. The highest BCUT2D eigenvalue weighted by atomic mass is 35.5. The minimum Gasteiger partial charge on any atom is -0.370 e. The van der Waals surface area contributed by atoms with E-state index < -0.39 is 0 Å². The highest BCUT2D eigenvalue weighted by Crippen LogP contribution is 2.24. The van der Waals surface area contributed by atoms with Crippen molar-refractivity contribution in [1.29, 1.82) is 0 Å². The van der Waals surface area contributed by atoms with Gasteiger partial charge >= 0.3 is 0 Å². The van der Waals surface area contributed by atoms with Gasteiger partial charge in [-0.15, -0.1) is 11.8 Å². The molecular weight excluding hydrogens is 302 g/mol. The number of aryl methyl sites for hydroxylation is 1. The highest BCUT2D eigenvalue weighted by Gasteiger charge is 2.05. The van der Waals surface area contributed by atoms with Crippen LogP contribution in [0.1, 0.15) is 31.8 Å². The third-order valence-corrected chi connectivity index (χ3v) is 4.13. The molecule has 112 valence electrons. The molecule has 21 heavy (non-hydrogen) atoms. The first kappa shape index (κ1) is 16.1. The summed E-state index contributed by atoms with van der Waals surface area (Å²) in [7, 11) is 0. The summed E-state index contributed by atoms with van der Waals surface area (Å²) in [5, 5.41) is 4.09. The summed E-state index contributed by atoms with van der Waals surface area (Å²) in [6.07, 6.45) is 2.00. The predicted molar refractivity (Wildman–Crippen MR) is 91.2 cm³/mol. The maximum atomic E-state index is 6.00. The Bertz CT molecular complexity index is 589. The predicted octanol–water partition coefficient (Wildman–Crippen LogP) is 4.81. The van der Waals surface area contributed by atoms with Gasteiger partial charge in [0.05, 0.1) is 5.75 Å². The Balaban J connectivity index is 2.07. The van der Waals surface area contributed by atoms with E-state index >= 15 is 0 Å². The number of benzene rings is 1. The second-order valence-corrected chi connectivity index (χ2v) is 6.17. The molecule has 0 saturated heterocycles. The van der Waals surface area contributed by atoms with E-state index in [0.717, 1.165) is 52.4 Å². The molecule has 0 aliphatic heterocycles. The average molecular weight is 322 g/mol. The molecule has 0 radical (unpaired) electrons. The van der Waals surface area contributed by atoms with Crippen LogP contribution < -0.4 is 5.32 Å². The van der Waals surface area contributed by atoms with Gasteiger partial charge < -0.3 is 5.32 Å². The molecule has 2 aromatic rings. The van der Waals surface area contributed by atoms with Crippen LogP contribution in [0.15, 0.2) is 35.2 Å². The van der Waals surface area contributed by atoms with Gasteiger partial charge in [-0.25, -0.2) is 9.97 Å². The summed E-state index contributed by atoms with van der Waals surface area (Å²) >= 11 is 7.70. The summed E-state index contributed by atoms with van der Waals surface area (Å²) in [4.78, 5) is 10.3. The van der Waals surface area contributed by atoms with Crippen LogP contribution >= 0.6 is 23.4 Å². The molecule has 0 spiro atoms. The van der Waals surface area contributed by atoms with Gasteiger partial charge in [0.2, 0.25) is 0 Å². The van der Waals surface area contributed by atoms with E-state index in [2.05, 4.69) is 35.2 Å². The van der Waals surface area contributed by atoms with Crippen molar-refractivity contribution in [3.8, 4) is 0 Å². The van der Waals surface area contributed by atoms with Crippen molar-refractivity contribution >= 4 is 29.2 Å². The van der Waals surface area contributed by atoms with Crippen molar-refractivity contribution in [3.05, 3.63) is 46.9 Å². The van der Waals surface area contributed by atoms with Gasteiger partial charge in [-0.1, -0.05) is 31.5 Å². The number of halogens is 1. The molecule has 5 heteroatoms. The van der Waals surface area contributed by atoms with E-state index in [4.69, 9.17) is 11.6 Å². The van der Waals surface area contributed by atoms with Crippen LogP contribution in [0, 0.1) is 0 Å². The monoisotopic (exact) mass is 321 g/mol. The van der Waals surface area contributed by atoms with Crippen LogP contribution in [-0.4, -0.2) is 16.5 Å². The van der Waals surface area contributed by atoms with Crippen molar-refractivity contribution in [1.82, 2.24) is 9.97 Å². The molecule has 0 aliphatic carbocycles. The van der Waals surface area contributed by atoms with Crippen LogP contribution in [0.2, 0.25) is 5.02 Å². The number of nitrogens with one attached hydrogen (secondary N) is 1. The first-order chi connectivity index (χ1) is 10.2. The van der Waals surface area contributed by atoms with Gasteiger partial charge in [0.25, 0.3) is 0 Å². The van der Waals surface area contributed by atoms with Crippen molar-refractivity contribution in [2.24, 2.45) is 0 Å². The fraction of sp³-hybridized carbons (Fsp3) is 0.375. The molecule has 0 atom stereocenters. The molecule has 1 N–H and O–H groups in total. The summed E-state index contributed by atoms with van der Waals surface area (Å²) in [6, 6.07) is 9.89. The number of aromatic nitrogens is 2. The summed E-state index contributed by atoms with van der Waals surface area (Å²) < 4.78 is 0. The maximum Gasteiger partial charge on any atom is 0.141 e. The van der Waals surface area contributed by atoms with E-state index in [1.165, 1.54) is 0 Å². The number of anilines is 1. The third kappa shape index (κ3) is 5.21. The highest BCUT2D eigenvalue weighted by molar-refractivity contribution is 7.98. The van der Waals surface area contributed by atoms with Crippen molar-refractivity contribution in [3.63, 3.8) is 0 Å². The molecule has 2 rings (SSSR count). The Kier molecular flexibility index (Phi) is 6.33. The van der Waals surface area contributed by atoms with E-state index in [9.17, 15) is 0 Å². The van der Waals surface area contributed by atoms with Gasteiger partial charge in [0, 0.05) is 28.2 Å². The SMILES string of the molecule is CCCNc1cc(CC)nc(CSc2cccc(Cl)c2)n1. The van der Waals surface area contributed by atoms with E-state index in [0.29, 0.717) is 0 Å². The normalized spacial score (nSPS) is 10.6. The number of hydrogen-bond donors (Lipinski definition) is 1. The fourth-order valence-electron chi connectivity index (χ4n) is 1.85. The van der Waals surface area contributed by atoms with E-state index in [1.54, 1.807) is 11.8 Å². The van der Waals surface area contributed by atoms with Gasteiger partial charge in [-0.2, -0.15) is 0 Å². The topological polar surface area (TPSA) is 37.8 Å². The lowest BCUT2D eigenvalue weighted by Gasteiger charge is -2.08. The lowest BCUT2D eigenvalue weighted by Crippen LogP contribution is -2.06. The lowest BCUT2D eigenvalue weighted by molar-refractivity contribution is 0.916. The van der Waals surface area contributed by atoms with E-state index in [1.807, 2.05) is 24.3 Å². The Morgan fingerprint density at radius 2 is 2.05 bits per heavy atom. The second-order valence-electron chi connectivity index (χ2n) is 4.69. The average Bonchev–Trinajstić information content (AvgIpc) is 2.51. The van der Waals surface area contributed by atoms with Gasteiger partial charge in [-0.05, 0) is 31.0 Å². The molecule has 1 heterocycles. The Morgan fingerprint density at radius 1 is 1.19 bits per heavy atom. The molecule has 0 amide bonds. The summed E-state index contributed by atoms with van der Waals surface area (Å²) in [6.45, 7) is 5.19. The second kappa shape index (κ2) is 8.25. The standard InChI is InChI=1S/C16H20ClN3S/c1-3-8-18-15-10-13(4-2)19-16(20-15)11-21-14-7-5-6-12(17)9-14/h5-7,9-10H,3-4,8,11H2,1-2H3,(H,18,19,20). The lowest BCUT2D eigenvalue weighted by atomic mass is 10.3. The Labute approximate surface area is 135 Å². The van der Waals surface area contributed by atoms with Crippen molar-refractivity contribution < 1.29 is 0 Å². The van der Waals surface area contributed by atoms with Crippen LogP contribution in [0.5, 0.6) is 0 Å². The minimum atomic E-state index is 0.745. The number of nitrogens with zero attached hydrogens (tertiary/aromatic N) is 2. The molecule has 3 nitrogen and oxygen atoms in total. The first-order valence-corrected chi connectivity index (χ1v) is 8.56. The molecule has 1 aromatic carbocycles. The Morgan fingerprint density at radius 3 is 2.76 bits per heavy atom. The molecular formula is C16H20ClN3S. The summed E-state index contributed by atoms with van der Waals surface area (Å²) in [5.41, 5.74) is 1.07. The fourth-order valence-corrected chi connectivity index (χ4v) is 2.91. The van der Waals surface area contributed by atoms with Crippen molar-refractivity contribution in [2.75, 3.05) is 11.9 Å². The zero-order valence-corrected chi connectivity index (χ0v) is 14.0. The van der Waals surface area contributed by atoms with Gasteiger partial charge in [0.15, 0.2) is 0 Å². The Hall–Kier alpha value is -1.26. The molecule has 1 aromatic heterocycles.